The molecule has 0 spiro atoms. The molecule has 1 aromatic carbocycles. The van der Waals surface area contributed by atoms with Gasteiger partial charge in [0.15, 0.2) is 0 Å². The fraction of sp³-hybridized carbons (Fsp3) is 0.357. The van der Waals surface area contributed by atoms with Gasteiger partial charge in [0.2, 0.25) is 0 Å². The Morgan fingerprint density at radius 1 is 1.06 bits per heavy atom. The highest BCUT2D eigenvalue weighted by atomic mass is 32.1. The van der Waals surface area contributed by atoms with Crippen molar-refractivity contribution in [2.45, 2.75) is 18.8 Å². The SMILES string of the molecule is c1ccc(-c2cnc(C3CC[N]CC3)s2)cc1. The Morgan fingerprint density at radius 2 is 1.82 bits per heavy atom. The summed E-state index contributed by atoms with van der Waals surface area (Å²) in [4.78, 5) is 5.87. The lowest BCUT2D eigenvalue weighted by Gasteiger charge is -2.18. The van der Waals surface area contributed by atoms with Crippen molar-refractivity contribution in [2.75, 3.05) is 13.1 Å². The summed E-state index contributed by atoms with van der Waals surface area (Å²) in [5.74, 6) is 0.634. The Hall–Kier alpha value is -1.19. The van der Waals surface area contributed by atoms with Crippen molar-refractivity contribution in [3.63, 3.8) is 0 Å². The van der Waals surface area contributed by atoms with Crippen molar-refractivity contribution >= 4 is 11.3 Å². The van der Waals surface area contributed by atoms with Crippen molar-refractivity contribution < 1.29 is 0 Å². The van der Waals surface area contributed by atoms with E-state index in [9.17, 15) is 0 Å². The quantitative estimate of drug-likeness (QED) is 0.795. The number of hydrogen-bond donors (Lipinski definition) is 0. The summed E-state index contributed by atoms with van der Waals surface area (Å²) in [6.45, 7) is 2.01. The van der Waals surface area contributed by atoms with E-state index < -0.39 is 0 Å². The Kier molecular flexibility index (Phi) is 3.20. The number of nitrogens with zero attached hydrogens (tertiary/aromatic N) is 2. The second kappa shape index (κ2) is 4.98. The van der Waals surface area contributed by atoms with Gasteiger partial charge in [0, 0.05) is 25.2 Å². The molecular weight excluding hydrogens is 228 g/mol. The molecule has 0 saturated carbocycles. The maximum Gasteiger partial charge on any atom is 0.0963 e. The molecule has 2 nitrogen and oxygen atoms in total. The average molecular weight is 243 g/mol. The lowest BCUT2D eigenvalue weighted by Crippen LogP contribution is -2.20. The van der Waals surface area contributed by atoms with Crippen molar-refractivity contribution in [1.29, 1.82) is 0 Å². The van der Waals surface area contributed by atoms with Crippen molar-refractivity contribution in [3.05, 3.63) is 41.5 Å². The molecule has 87 valence electrons. The van der Waals surface area contributed by atoms with Gasteiger partial charge in [0.1, 0.15) is 0 Å². The van der Waals surface area contributed by atoms with E-state index >= 15 is 0 Å². The fourth-order valence-corrected chi connectivity index (χ4v) is 3.30. The van der Waals surface area contributed by atoms with Crippen LogP contribution in [-0.2, 0) is 0 Å². The van der Waals surface area contributed by atoms with Crippen molar-refractivity contribution in [3.8, 4) is 10.4 Å². The smallest absolute Gasteiger partial charge is 0.0963 e. The predicted molar refractivity (Wildman–Crippen MR) is 71.4 cm³/mol. The molecule has 1 fully saturated rings. The number of benzene rings is 1. The predicted octanol–water partition coefficient (Wildman–Crippen LogP) is 3.29. The zero-order chi connectivity index (χ0) is 11.5. The molecule has 1 aliphatic heterocycles. The molecule has 0 bridgehead atoms. The second-order valence-corrected chi connectivity index (χ2v) is 5.44. The van der Waals surface area contributed by atoms with Crippen LogP contribution >= 0.6 is 11.3 Å². The number of rotatable bonds is 2. The zero-order valence-electron chi connectivity index (χ0n) is 9.67. The van der Waals surface area contributed by atoms with Crippen molar-refractivity contribution in [1.82, 2.24) is 10.3 Å². The normalized spacial score (nSPS) is 17.2. The van der Waals surface area contributed by atoms with Crippen LogP contribution in [0.15, 0.2) is 36.5 Å². The van der Waals surface area contributed by atoms with Crippen LogP contribution in [0.2, 0.25) is 0 Å². The Bertz CT molecular complexity index is 472. The monoisotopic (exact) mass is 243 g/mol. The number of thiazole rings is 1. The summed E-state index contributed by atoms with van der Waals surface area (Å²) in [5.41, 5.74) is 1.27. The maximum atomic E-state index is 4.59. The highest BCUT2D eigenvalue weighted by Gasteiger charge is 2.19. The third-order valence-corrected chi connectivity index (χ3v) is 4.41. The highest BCUT2D eigenvalue weighted by Crippen LogP contribution is 2.33. The molecule has 0 unspecified atom stereocenters. The molecular formula is C14H15N2S. The van der Waals surface area contributed by atoms with E-state index in [0.29, 0.717) is 5.92 Å². The third-order valence-electron chi connectivity index (χ3n) is 3.20. The minimum Gasteiger partial charge on any atom is -0.249 e. The number of piperidine rings is 1. The molecule has 1 saturated heterocycles. The number of hydrogen-bond acceptors (Lipinski definition) is 2. The van der Waals surface area contributed by atoms with E-state index in [2.05, 4.69) is 34.6 Å². The molecule has 3 heteroatoms. The Morgan fingerprint density at radius 3 is 2.59 bits per heavy atom. The van der Waals surface area contributed by atoms with E-state index in [4.69, 9.17) is 0 Å². The van der Waals surface area contributed by atoms with Gasteiger partial charge in [-0.15, -0.1) is 11.3 Å². The first kappa shape index (κ1) is 10.9. The minimum atomic E-state index is 0.634. The molecule has 17 heavy (non-hydrogen) atoms. The largest absolute Gasteiger partial charge is 0.249 e. The summed E-state index contributed by atoms with van der Waals surface area (Å²) >= 11 is 1.84. The van der Waals surface area contributed by atoms with Crippen LogP contribution in [-0.4, -0.2) is 18.1 Å². The molecule has 1 aliphatic rings. The topological polar surface area (TPSA) is 27.0 Å². The zero-order valence-corrected chi connectivity index (χ0v) is 10.5. The average Bonchev–Trinajstić information content (AvgIpc) is 2.90. The summed E-state index contributed by atoms with van der Waals surface area (Å²) < 4.78 is 0. The first-order chi connectivity index (χ1) is 8.43. The van der Waals surface area contributed by atoms with E-state index in [0.717, 1.165) is 13.1 Å². The van der Waals surface area contributed by atoms with Crippen molar-refractivity contribution in [2.24, 2.45) is 0 Å². The lowest BCUT2D eigenvalue weighted by molar-refractivity contribution is 0.452. The van der Waals surface area contributed by atoms with E-state index in [-0.39, 0.29) is 0 Å². The van der Waals surface area contributed by atoms with Crippen LogP contribution < -0.4 is 5.32 Å². The standard InChI is InChI=1S/C14H15N2S/c1-2-4-11(5-3-1)13-10-16-14(17-13)12-6-8-15-9-7-12/h1-5,10,12H,6-9H2. The van der Waals surface area contributed by atoms with Gasteiger partial charge >= 0.3 is 0 Å². The molecule has 0 aliphatic carbocycles. The summed E-state index contributed by atoms with van der Waals surface area (Å²) in [7, 11) is 0. The number of aromatic nitrogens is 1. The first-order valence-electron chi connectivity index (χ1n) is 6.08. The molecule has 0 N–H and O–H groups in total. The van der Waals surface area contributed by atoms with Crippen LogP contribution in [0.3, 0.4) is 0 Å². The second-order valence-electron chi connectivity index (χ2n) is 4.37. The van der Waals surface area contributed by atoms with Gasteiger partial charge in [-0.25, -0.2) is 10.3 Å². The van der Waals surface area contributed by atoms with Gasteiger partial charge in [-0.1, -0.05) is 30.3 Å². The van der Waals surface area contributed by atoms with Gasteiger partial charge in [0.05, 0.1) is 9.88 Å². The molecule has 1 aromatic heterocycles. The summed E-state index contributed by atoms with van der Waals surface area (Å²) in [6.07, 6.45) is 4.35. The highest BCUT2D eigenvalue weighted by molar-refractivity contribution is 7.15. The van der Waals surface area contributed by atoms with Gasteiger partial charge in [0.25, 0.3) is 0 Å². The van der Waals surface area contributed by atoms with Gasteiger partial charge in [-0.05, 0) is 18.4 Å². The molecule has 2 aromatic rings. The Labute approximate surface area is 106 Å². The van der Waals surface area contributed by atoms with E-state index in [1.165, 1.54) is 28.3 Å². The van der Waals surface area contributed by atoms with Crippen LogP contribution in [0.5, 0.6) is 0 Å². The lowest BCUT2D eigenvalue weighted by atomic mass is 9.99. The summed E-state index contributed by atoms with van der Waals surface area (Å²) in [5, 5.41) is 5.69. The van der Waals surface area contributed by atoms with E-state index in [1.807, 2.05) is 23.6 Å². The maximum absolute atomic E-state index is 4.59. The molecule has 2 heterocycles. The molecule has 0 atom stereocenters. The van der Waals surface area contributed by atoms with Gasteiger partial charge in [-0.2, -0.15) is 0 Å². The van der Waals surface area contributed by atoms with Crippen LogP contribution in [0.1, 0.15) is 23.8 Å². The van der Waals surface area contributed by atoms with Crippen LogP contribution in [0, 0.1) is 0 Å². The summed E-state index contributed by atoms with van der Waals surface area (Å²) in [6, 6.07) is 10.5. The molecule has 3 rings (SSSR count). The fourth-order valence-electron chi connectivity index (χ4n) is 2.21. The van der Waals surface area contributed by atoms with Gasteiger partial charge in [-0.3, -0.25) is 0 Å². The van der Waals surface area contributed by atoms with Crippen LogP contribution in [0.25, 0.3) is 10.4 Å². The van der Waals surface area contributed by atoms with Gasteiger partial charge < -0.3 is 0 Å². The Balaban J connectivity index is 1.83. The third kappa shape index (κ3) is 2.40. The first-order valence-corrected chi connectivity index (χ1v) is 6.89. The minimum absolute atomic E-state index is 0.634. The molecule has 0 amide bonds. The van der Waals surface area contributed by atoms with Crippen LogP contribution in [0.4, 0.5) is 0 Å². The van der Waals surface area contributed by atoms with E-state index in [1.54, 1.807) is 0 Å². The molecule has 1 radical (unpaired) electrons.